The molecule has 1 aromatic carbocycles. The Morgan fingerprint density at radius 3 is 1.70 bits per heavy atom. The van der Waals surface area contributed by atoms with Gasteiger partial charge in [0.05, 0.1) is 14.2 Å². The van der Waals surface area contributed by atoms with Crippen molar-refractivity contribution in [2.75, 3.05) is 14.2 Å². The van der Waals surface area contributed by atoms with E-state index in [0.717, 1.165) is 0 Å². The molecule has 2 nitrogen and oxygen atoms in total. The molecule has 10 heavy (non-hydrogen) atoms. The second-order valence-corrected chi connectivity index (χ2v) is 1.71. The molecule has 0 aromatic heterocycles. The fourth-order valence-electron chi connectivity index (χ4n) is 0.676. The molecule has 0 bridgehead atoms. The highest BCUT2D eigenvalue weighted by Crippen LogP contribution is 2.22. The Balaban J connectivity index is 2.96. The smallest absolute Gasteiger partial charge is 0.169 e. The van der Waals surface area contributed by atoms with Crippen LogP contribution in [-0.4, -0.2) is 14.2 Å². The summed E-state index contributed by atoms with van der Waals surface area (Å²) in [6.07, 6.45) is 0. The maximum Gasteiger partial charge on any atom is 0.169 e. The number of hydrogen-bond acceptors (Lipinski definition) is 2. The third-order valence-electron chi connectivity index (χ3n) is 1.17. The van der Waals surface area contributed by atoms with Gasteiger partial charge in [0.15, 0.2) is 11.5 Å². The monoisotopic (exact) mass is 136 g/mol. The Morgan fingerprint density at radius 2 is 1.40 bits per heavy atom. The van der Waals surface area contributed by atoms with Gasteiger partial charge in [-0.1, -0.05) is 12.1 Å². The van der Waals surface area contributed by atoms with Crippen LogP contribution in [0.4, 0.5) is 0 Å². The number of rotatable bonds is 2. The summed E-state index contributed by atoms with van der Waals surface area (Å²) < 4.78 is 9.92. The predicted molar refractivity (Wildman–Crippen MR) is 37.2 cm³/mol. The second kappa shape index (κ2) is 2.98. The Bertz CT molecular complexity index is 185. The van der Waals surface area contributed by atoms with E-state index >= 15 is 0 Å². The fraction of sp³-hybridized carbons (Fsp3) is 0.250. The largest absolute Gasteiger partial charge is 0.492 e. The Morgan fingerprint density at radius 1 is 1.00 bits per heavy atom. The molecule has 0 spiro atoms. The van der Waals surface area contributed by atoms with Gasteiger partial charge >= 0.3 is 0 Å². The van der Waals surface area contributed by atoms with E-state index in [1.807, 2.05) is 0 Å². The van der Waals surface area contributed by atoms with E-state index in [1.54, 1.807) is 26.4 Å². The molecule has 0 heterocycles. The summed E-state index contributed by atoms with van der Waals surface area (Å²) in [5, 5.41) is 0. The van der Waals surface area contributed by atoms with Gasteiger partial charge in [0.25, 0.3) is 0 Å². The van der Waals surface area contributed by atoms with E-state index < -0.39 is 0 Å². The molecule has 0 aliphatic heterocycles. The maximum atomic E-state index is 4.96. The van der Waals surface area contributed by atoms with E-state index in [4.69, 9.17) is 9.47 Å². The molecule has 0 atom stereocenters. The molecule has 0 amide bonds. The molecule has 1 aromatic rings. The van der Waals surface area contributed by atoms with Gasteiger partial charge in [0.1, 0.15) is 0 Å². The topological polar surface area (TPSA) is 18.5 Å². The van der Waals surface area contributed by atoms with Crippen molar-refractivity contribution in [3.8, 4) is 11.5 Å². The molecule has 0 aliphatic carbocycles. The van der Waals surface area contributed by atoms with Crippen molar-refractivity contribution in [3.05, 3.63) is 24.3 Å². The van der Waals surface area contributed by atoms with Crippen molar-refractivity contribution < 1.29 is 9.47 Å². The summed E-state index contributed by atoms with van der Waals surface area (Å²) in [4.78, 5) is 0. The van der Waals surface area contributed by atoms with Crippen LogP contribution in [0.2, 0.25) is 0 Å². The van der Waals surface area contributed by atoms with E-state index in [-0.39, 0.29) is 0 Å². The van der Waals surface area contributed by atoms with Gasteiger partial charge in [-0.25, -0.2) is 0 Å². The number of hydrogen-bond donors (Lipinski definition) is 0. The zero-order valence-electron chi connectivity index (χ0n) is 5.97. The molecule has 1 rings (SSSR count). The zero-order chi connectivity index (χ0) is 7.40. The standard InChI is InChI=1S/C8H8O2/c1-9-7-5-3-4-6-8(7)10-2/h5-6H,1-2H3. The Hall–Kier alpha value is -1.36. The summed E-state index contributed by atoms with van der Waals surface area (Å²) in [6, 6.07) is 8.87. The lowest BCUT2D eigenvalue weighted by atomic mass is 10.4. The van der Waals surface area contributed by atoms with Crippen molar-refractivity contribution in [2.24, 2.45) is 0 Å². The SMILES string of the molecule is COc1cc#ccc1OC. The van der Waals surface area contributed by atoms with Crippen LogP contribution in [0.1, 0.15) is 0 Å². The van der Waals surface area contributed by atoms with Crippen LogP contribution in [0.15, 0.2) is 12.1 Å². The number of methoxy groups -OCH3 is 2. The van der Waals surface area contributed by atoms with E-state index in [1.165, 1.54) is 0 Å². The molecular formula is C8H8O2. The van der Waals surface area contributed by atoms with Crippen LogP contribution in [0.25, 0.3) is 0 Å². The lowest BCUT2D eigenvalue weighted by Gasteiger charge is -2.02. The molecule has 52 valence electrons. The van der Waals surface area contributed by atoms with Gasteiger partial charge in [-0.3, -0.25) is 0 Å². The van der Waals surface area contributed by atoms with Crippen LogP contribution in [-0.2, 0) is 0 Å². The highest BCUT2D eigenvalue weighted by atomic mass is 16.5. The molecule has 0 fully saturated rings. The third-order valence-corrected chi connectivity index (χ3v) is 1.17. The van der Waals surface area contributed by atoms with Gasteiger partial charge in [-0.15, -0.1) is 0 Å². The fourth-order valence-corrected chi connectivity index (χ4v) is 0.676. The zero-order valence-corrected chi connectivity index (χ0v) is 5.97. The Kier molecular flexibility index (Phi) is 2.01. The molecule has 0 saturated carbocycles. The average Bonchev–Trinajstić information content (AvgIpc) is 2.04. The highest BCUT2D eigenvalue weighted by Gasteiger charge is 1.97. The van der Waals surface area contributed by atoms with Crippen LogP contribution in [0, 0.1) is 12.1 Å². The van der Waals surface area contributed by atoms with Gasteiger partial charge in [-0.05, 0) is 0 Å². The molecule has 0 saturated heterocycles. The normalized spacial score (nSPS) is 8.20. The second-order valence-electron chi connectivity index (χ2n) is 1.71. The molecule has 2 heteroatoms. The van der Waals surface area contributed by atoms with Crippen LogP contribution < -0.4 is 9.47 Å². The minimum Gasteiger partial charge on any atom is -0.492 e. The highest BCUT2D eigenvalue weighted by molar-refractivity contribution is 5.36. The van der Waals surface area contributed by atoms with Crippen LogP contribution in [0.5, 0.6) is 11.5 Å². The Labute approximate surface area is 60.4 Å². The summed E-state index contributed by atoms with van der Waals surface area (Å²) in [5.41, 5.74) is 0. The van der Waals surface area contributed by atoms with Crippen molar-refractivity contribution in [1.29, 1.82) is 0 Å². The van der Waals surface area contributed by atoms with Gasteiger partial charge < -0.3 is 9.47 Å². The van der Waals surface area contributed by atoms with E-state index in [2.05, 4.69) is 12.1 Å². The quantitative estimate of drug-likeness (QED) is 0.610. The average molecular weight is 136 g/mol. The van der Waals surface area contributed by atoms with E-state index in [0.29, 0.717) is 11.5 Å². The minimum atomic E-state index is 0.682. The first-order chi connectivity index (χ1) is 4.88. The summed E-state index contributed by atoms with van der Waals surface area (Å²) >= 11 is 0. The molecule has 0 radical (unpaired) electrons. The maximum absolute atomic E-state index is 4.96. The van der Waals surface area contributed by atoms with Crippen LogP contribution in [0.3, 0.4) is 0 Å². The van der Waals surface area contributed by atoms with Crippen molar-refractivity contribution >= 4 is 0 Å². The van der Waals surface area contributed by atoms with Crippen LogP contribution >= 0.6 is 0 Å². The summed E-state index contributed by atoms with van der Waals surface area (Å²) in [5.74, 6) is 1.36. The van der Waals surface area contributed by atoms with Crippen molar-refractivity contribution in [1.82, 2.24) is 0 Å². The molecule has 0 N–H and O–H groups in total. The van der Waals surface area contributed by atoms with Gasteiger partial charge in [0.2, 0.25) is 0 Å². The molecule has 0 unspecified atom stereocenters. The number of ether oxygens (including phenoxy) is 2. The first-order valence-corrected chi connectivity index (χ1v) is 2.88. The first kappa shape index (κ1) is 6.76. The van der Waals surface area contributed by atoms with E-state index in [9.17, 15) is 0 Å². The van der Waals surface area contributed by atoms with Crippen molar-refractivity contribution in [2.45, 2.75) is 0 Å². The summed E-state index contributed by atoms with van der Waals surface area (Å²) in [6.45, 7) is 0. The van der Waals surface area contributed by atoms with Crippen molar-refractivity contribution in [3.63, 3.8) is 0 Å². The predicted octanol–water partition coefficient (Wildman–Crippen LogP) is 1.30. The van der Waals surface area contributed by atoms with Gasteiger partial charge in [-0.2, -0.15) is 0 Å². The van der Waals surface area contributed by atoms with Gasteiger partial charge in [0, 0.05) is 12.1 Å². The third kappa shape index (κ3) is 1.14. The lowest BCUT2D eigenvalue weighted by Crippen LogP contribution is -1.87. The molecule has 0 aliphatic rings. The molecular weight excluding hydrogens is 128 g/mol. The lowest BCUT2D eigenvalue weighted by molar-refractivity contribution is 0.355. The summed E-state index contributed by atoms with van der Waals surface area (Å²) in [7, 11) is 3.18. The first-order valence-electron chi connectivity index (χ1n) is 2.88. The minimum absolute atomic E-state index is 0.682.